The zero-order chi connectivity index (χ0) is 18.9. The molecule has 0 spiro atoms. The molecule has 0 saturated carbocycles. The lowest BCUT2D eigenvalue weighted by atomic mass is 10.2. The molecule has 1 rings (SSSR count). The molecule has 0 saturated heterocycles. The fourth-order valence-electron chi connectivity index (χ4n) is 2.32. The Morgan fingerprint density at radius 1 is 1.00 bits per heavy atom. The van der Waals surface area contributed by atoms with Crippen LogP contribution < -0.4 is 10.6 Å². The number of nitrogens with one attached hydrogen (secondary N) is 2. The Morgan fingerprint density at radius 3 is 2.50 bits per heavy atom. The molecule has 0 aliphatic carbocycles. The van der Waals surface area contributed by atoms with Gasteiger partial charge in [0.25, 0.3) is 0 Å². The van der Waals surface area contributed by atoms with Crippen molar-refractivity contribution in [3.8, 4) is 0 Å². The molecule has 0 radical (unpaired) electrons. The molecule has 26 heavy (non-hydrogen) atoms. The Balaban J connectivity index is 2.04. The van der Waals surface area contributed by atoms with Crippen LogP contribution in [0.25, 0.3) is 0 Å². The van der Waals surface area contributed by atoms with E-state index in [-0.39, 0.29) is 0 Å². The molecule has 0 aromatic heterocycles. The van der Waals surface area contributed by atoms with E-state index in [0.29, 0.717) is 12.5 Å². The van der Waals surface area contributed by atoms with Crippen molar-refractivity contribution in [2.24, 2.45) is 10.9 Å². The topological polar surface area (TPSA) is 54.9 Å². The summed E-state index contributed by atoms with van der Waals surface area (Å²) in [4.78, 5) is 4.59. The van der Waals surface area contributed by atoms with Crippen LogP contribution in [0.5, 0.6) is 0 Å². The quantitative estimate of drug-likeness (QED) is 0.301. The summed E-state index contributed by atoms with van der Waals surface area (Å²) in [5.74, 6) is 1.48. The van der Waals surface area contributed by atoms with Crippen molar-refractivity contribution in [3.63, 3.8) is 0 Å². The minimum absolute atomic E-state index is 0.592. The van der Waals surface area contributed by atoms with Crippen LogP contribution in [0.2, 0.25) is 0 Å². The molecule has 5 nitrogen and oxygen atoms in total. The fourth-order valence-corrected chi connectivity index (χ4v) is 2.32. The number of hydrogen-bond acceptors (Lipinski definition) is 3. The predicted molar refractivity (Wildman–Crippen MR) is 110 cm³/mol. The molecule has 148 valence electrons. The van der Waals surface area contributed by atoms with E-state index in [1.807, 2.05) is 18.2 Å². The maximum absolute atomic E-state index is 5.71. The summed E-state index contributed by atoms with van der Waals surface area (Å²) in [6.45, 7) is 12.1. The SMILES string of the molecule is CCNC(=NCCCOCC(C)C)NCCCCOCc1ccccc1. The van der Waals surface area contributed by atoms with Gasteiger partial charge < -0.3 is 20.1 Å². The van der Waals surface area contributed by atoms with Gasteiger partial charge in [-0.2, -0.15) is 0 Å². The normalized spacial score (nSPS) is 11.8. The van der Waals surface area contributed by atoms with Crippen LogP contribution in [-0.4, -0.2) is 45.4 Å². The Kier molecular flexibility index (Phi) is 13.5. The molecule has 0 heterocycles. The first kappa shape index (κ1) is 22.5. The highest BCUT2D eigenvalue weighted by Crippen LogP contribution is 2.01. The van der Waals surface area contributed by atoms with Crippen molar-refractivity contribution in [3.05, 3.63) is 35.9 Å². The summed E-state index contributed by atoms with van der Waals surface area (Å²) >= 11 is 0. The van der Waals surface area contributed by atoms with Gasteiger partial charge in [-0.3, -0.25) is 4.99 Å². The minimum Gasteiger partial charge on any atom is -0.381 e. The van der Waals surface area contributed by atoms with Gasteiger partial charge in [-0.05, 0) is 37.7 Å². The molecule has 2 N–H and O–H groups in total. The van der Waals surface area contributed by atoms with E-state index < -0.39 is 0 Å². The van der Waals surface area contributed by atoms with Crippen LogP contribution in [0.1, 0.15) is 45.6 Å². The van der Waals surface area contributed by atoms with E-state index in [2.05, 4.69) is 48.5 Å². The van der Waals surface area contributed by atoms with Crippen LogP contribution in [0, 0.1) is 5.92 Å². The summed E-state index contributed by atoms with van der Waals surface area (Å²) in [6, 6.07) is 10.3. The van der Waals surface area contributed by atoms with Gasteiger partial charge in [-0.15, -0.1) is 0 Å². The van der Waals surface area contributed by atoms with Crippen molar-refractivity contribution in [2.75, 3.05) is 39.5 Å². The molecule has 5 heteroatoms. The van der Waals surface area contributed by atoms with Crippen molar-refractivity contribution in [1.29, 1.82) is 0 Å². The zero-order valence-electron chi connectivity index (χ0n) is 16.8. The maximum atomic E-state index is 5.71. The summed E-state index contributed by atoms with van der Waals surface area (Å²) in [7, 11) is 0. The van der Waals surface area contributed by atoms with E-state index in [1.165, 1.54) is 5.56 Å². The van der Waals surface area contributed by atoms with Crippen molar-refractivity contribution < 1.29 is 9.47 Å². The first-order valence-corrected chi connectivity index (χ1v) is 9.94. The van der Waals surface area contributed by atoms with Crippen LogP contribution in [-0.2, 0) is 16.1 Å². The lowest BCUT2D eigenvalue weighted by Crippen LogP contribution is -2.38. The van der Waals surface area contributed by atoms with Gasteiger partial charge in [0.05, 0.1) is 6.61 Å². The maximum Gasteiger partial charge on any atom is 0.191 e. The minimum atomic E-state index is 0.592. The molecule has 0 bridgehead atoms. The van der Waals surface area contributed by atoms with E-state index >= 15 is 0 Å². The van der Waals surface area contributed by atoms with Crippen LogP contribution in [0.15, 0.2) is 35.3 Å². The number of rotatable bonds is 14. The van der Waals surface area contributed by atoms with Crippen LogP contribution in [0.4, 0.5) is 0 Å². The largest absolute Gasteiger partial charge is 0.381 e. The molecular formula is C21H37N3O2. The molecule has 1 aromatic carbocycles. The summed E-state index contributed by atoms with van der Waals surface area (Å²) in [5, 5.41) is 6.66. The van der Waals surface area contributed by atoms with Crippen molar-refractivity contribution in [1.82, 2.24) is 10.6 Å². The number of hydrogen-bond donors (Lipinski definition) is 2. The first-order chi connectivity index (χ1) is 12.7. The fraction of sp³-hybridized carbons (Fsp3) is 0.667. The summed E-state index contributed by atoms with van der Waals surface area (Å²) in [5.41, 5.74) is 1.23. The van der Waals surface area contributed by atoms with E-state index in [9.17, 15) is 0 Å². The van der Waals surface area contributed by atoms with Gasteiger partial charge in [0, 0.05) is 39.5 Å². The van der Waals surface area contributed by atoms with Gasteiger partial charge >= 0.3 is 0 Å². The predicted octanol–water partition coefficient (Wildman–Crippen LogP) is 3.60. The molecule has 0 amide bonds. The Morgan fingerprint density at radius 2 is 1.77 bits per heavy atom. The number of unbranched alkanes of at least 4 members (excludes halogenated alkanes) is 1. The van der Waals surface area contributed by atoms with Gasteiger partial charge in [0.2, 0.25) is 0 Å². The molecule has 1 aromatic rings. The molecule has 0 fully saturated rings. The lowest BCUT2D eigenvalue weighted by molar-refractivity contribution is 0.109. The third kappa shape index (κ3) is 12.7. The number of benzene rings is 1. The smallest absolute Gasteiger partial charge is 0.191 e. The highest BCUT2D eigenvalue weighted by molar-refractivity contribution is 5.79. The third-order valence-electron chi connectivity index (χ3n) is 3.63. The van der Waals surface area contributed by atoms with E-state index in [0.717, 1.165) is 64.7 Å². The molecule has 0 atom stereocenters. The average molecular weight is 364 g/mol. The second-order valence-electron chi connectivity index (χ2n) is 6.76. The molecular weight excluding hydrogens is 326 g/mol. The van der Waals surface area contributed by atoms with Crippen LogP contribution in [0.3, 0.4) is 0 Å². The van der Waals surface area contributed by atoms with Gasteiger partial charge in [-0.25, -0.2) is 0 Å². The number of aliphatic imine (C=N–C) groups is 1. The zero-order valence-corrected chi connectivity index (χ0v) is 16.8. The molecule has 0 unspecified atom stereocenters. The third-order valence-corrected chi connectivity index (χ3v) is 3.63. The van der Waals surface area contributed by atoms with Crippen molar-refractivity contribution >= 4 is 5.96 Å². The lowest BCUT2D eigenvalue weighted by Gasteiger charge is -2.11. The second kappa shape index (κ2) is 15.6. The molecule has 0 aliphatic heterocycles. The monoisotopic (exact) mass is 363 g/mol. The Hall–Kier alpha value is -1.59. The van der Waals surface area contributed by atoms with E-state index in [1.54, 1.807) is 0 Å². The van der Waals surface area contributed by atoms with Crippen LogP contribution >= 0.6 is 0 Å². The Bertz CT molecular complexity index is 464. The average Bonchev–Trinajstić information content (AvgIpc) is 2.64. The summed E-state index contributed by atoms with van der Waals surface area (Å²) in [6.07, 6.45) is 3.07. The molecule has 0 aliphatic rings. The highest BCUT2D eigenvalue weighted by Gasteiger charge is 1.98. The summed E-state index contributed by atoms with van der Waals surface area (Å²) < 4.78 is 11.3. The van der Waals surface area contributed by atoms with Gasteiger partial charge in [0.15, 0.2) is 5.96 Å². The van der Waals surface area contributed by atoms with Gasteiger partial charge in [-0.1, -0.05) is 44.2 Å². The number of nitrogens with zero attached hydrogens (tertiary/aromatic N) is 1. The Labute approximate surface area is 159 Å². The first-order valence-electron chi connectivity index (χ1n) is 9.94. The van der Waals surface area contributed by atoms with Crippen molar-refractivity contribution in [2.45, 2.75) is 46.6 Å². The standard InChI is InChI=1S/C21H37N3O2/c1-4-22-21(24-14-10-16-25-17-19(2)3)23-13-8-9-15-26-18-20-11-6-5-7-12-20/h5-7,11-12,19H,4,8-10,13-18H2,1-3H3,(H2,22,23,24). The number of ether oxygens (including phenoxy) is 2. The highest BCUT2D eigenvalue weighted by atomic mass is 16.5. The van der Waals surface area contributed by atoms with E-state index in [4.69, 9.17) is 9.47 Å². The second-order valence-corrected chi connectivity index (χ2v) is 6.76. The number of guanidine groups is 1. The van der Waals surface area contributed by atoms with Gasteiger partial charge in [0.1, 0.15) is 0 Å².